The number of hydrogen-bond acceptors (Lipinski definition) is 3. The van der Waals surface area contributed by atoms with E-state index in [4.69, 9.17) is 4.42 Å². The van der Waals surface area contributed by atoms with Crippen molar-refractivity contribution in [2.75, 3.05) is 13.1 Å². The van der Waals surface area contributed by atoms with E-state index in [0.717, 1.165) is 10.0 Å². The van der Waals surface area contributed by atoms with E-state index in [0.29, 0.717) is 31.0 Å². The first kappa shape index (κ1) is 22.8. The predicted octanol–water partition coefficient (Wildman–Crippen LogP) is 5.37. The molecular weight excluding hydrogens is 456 g/mol. The zero-order chi connectivity index (χ0) is 22.2. The molecular formula is C25H27BrN2O3. The minimum atomic E-state index is -0.146. The largest absolute Gasteiger partial charge is 0.467 e. The van der Waals surface area contributed by atoms with Crippen LogP contribution in [0, 0.1) is 5.92 Å². The van der Waals surface area contributed by atoms with Crippen molar-refractivity contribution >= 4 is 27.7 Å². The van der Waals surface area contributed by atoms with Gasteiger partial charge in [0.15, 0.2) is 0 Å². The maximum atomic E-state index is 13.3. The van der Waals surface area contributed by atoms with Gasteiger partial charge in [0.05, 0.1) is 12.8 Å². The van der Waals surface area contributed by atoms with Crippen molar-refractivity contribution < 1.29 is 14.0 Å². The lowest BCUT2D eigenvalue weighted by atomic mass is 10.1. The van der Waals surface area contributed by atoms with Crippen molar-refractivity contribution in [1.82, 2.24) is 9.80 Å². The summed E-state index contributed by atoms with van der Waals surface area (Å²) in [5, 5.41) is 0. The topological polar surface area (TPSA) is 53.8 Å². The van der Waals surface area contributed by atoms with E-state index in [9.17, 15) is 9.59 Å². The molecule has 0 aliphatic carbocycles. The second kappa shape index (κ2) is 11.0. The molecule has 0 aliphatic heterocycles. The van der Waals surface area contributed by atoms with E-state index in [2.05, 4.69) is 15.9 Å². The Bertz CT molecular complexity index is 970. The van der Waals surface area contributed by atoms with Crippen molar-refractivity contribution in [3.63, 3.8) is 0 Å². The number of hydrogen-bond donors (Lipinski definition) is 0. The Morgan fingerprint density at radius 3 is 2.23 bits per heavy atom. The number of carbonyl (C=O) groups excluding carboxylic acids is 2. The highest BCUT2D eigenvalue weighted by Crippen LogP contribution is 2.15. The molecule has 0 radical (unpaired) electrons. The molecule has 2 amide bonds. The lowest BCUT2D eigenvalue weighted by Gasteiger charge is -2.28. The number of halogens is 1. The molecule has 1 heterocycles. The lowest BCUT2D eigenvalue weighted by Crippen LogP contribution is -2.43. The van der Waals surface area contributed by atoms with Crippen LogP contribution in [0.15, 0.2) is 81.9 Å². The smallest absolute Gasteiger partial charge is 0.254 e. The third-order valence-electron chi connectivity index (χ3n) is 4.79. The maximum absolute atomic E-state index is 13.3. The highest BCUT2D eigenvalue weighted by atomic mass is 79.9. The summed E-state index contributed by atoms with van der Waals surface area (Å²) in [4.78, 5) is 29.9. The average molecular weight is 483 g/mol. The Kier molecular flexibility index (Phi) is 8.06. The number of rotatable bonds is 9. The summed E-state index contributed by atoms with van der Waals surface area (Å²) in [6, 6.07) is 20.7. The number of amides is 2. The summed E-state index contributed by atoms with van der Waals surface area (Å²) in [5.41, 5.74) is 1.59. The highest BCUT2D eigenvalue weighted by molar-refractivity contribution is 9.10. The fourth-order valence-electron chi connectivity index (χ4n) is 3.33. The monoisotopic (exact) mass is 482 g/mol. The molecule has 0 N–H and O–H groups in total. The lowest BCUT2D eigenvalue weighted by molar-refractivity contribution is -0.133. The predicted molar refractivity (Wildman–Crippen MR) is 124 cm³/mol. The Hall–Kier alpha value is -2.86. The summed E-state index contributed by atoms with van der Waals surface area (Å²) >= 11 is 3.40. The van der Waals surface area contributed by atoms with Crippen LogP contribution < -0.4 is 0 Å². The van der Waals surface area contributed by atoms with Gasteiger partial charge < -0.3 is 14.2 Å². The Morgan fingerprint density at radius 1 is 0.903 bits per heavy atom. The number of nitrogens with zero attached hydrogens (tertiary/aromatic N) is 2. The molecule has 31 heavy (non-hydrogen) atoms. The second-order valence-corrected chi connectivity index (χ2v) is 8.82. The van der Waals surface area contributed by atoms with Crippen LogP contribution in [-0.2, 0) is 17.9 Å². The van der Waals surface area contributed by atoms with Crippen LogP contribution in [0.2, 0.25) is 0 Å². The van der Waals surface area contributed by atoms with Gasteiger partial charge in [-0.15, -0.1) is 0 Å². The van der Waals surface area contributed by atoms with E-state index in [1.807, 2.05) is 68.4 Å². The fraction of sp³-hybridized carbons (Fsp3) is 0.280. The van der Waals surface area contributed by atoms with Crippen LogP contribution in [0.1, 0.15) is 35.5 Å². The van der Waals surface area contributed by atoms with Gasteiger partial charge in [-0.25, -0.2) is 0 Å². The average Bonchev–Trinajstić information content (AvgIpc) is 3.26. The van der Waals surface area contributed by atoms with E-state index < -0.39 is 0 Å². The molecule has 0 spiro atoms. The number of benzene rings is 2. The zero-order valence-electron chi connectivity index (χ0n) is 17.8. The molecule has 0 atom stereocenters. The fourth-order valence-corrected chi connectivity index (χ4v) is 3.59. The molecule has 1 aromatic heterocycles. The van der Waals surface area contributed by atoms with Gasteiger partial charge in [0.1, 0.15) is 12.3 Å². The standard InChI is InChI=1S/C25H27BrN2O3/c1-19(2)15-28(25(30)21-10-12-22(26)13-11-21)18-24(29)27(17-23-9-6-14-31-23)16-20-7-4-3-5-8-20/h3-14,19H,15-18H2,1-2H3. The Balaban J connectivity index is 1.79. The van der Waals surface area contributed by atoms with Crippen LogP contribution in [0.3, 0.4) is 0 Å². The van der Waals surface area contributed by atoms with Crippen LogP contribution in [0.25, 0.3) is 0 Å². The molecule has 0 saturated carbocycles. The molecule has 3 aromatic rings. The van der Waals surface area contributed by atoms with Gasteiger partial charge in [0.25, 0.3) is 5.91 Å². The van der Waals surface area contributed by atoms with Gasteiger partial charge in [0.2, 0.25) is 5.91 Å². The third-order valence-corrected chi connectivity index (χ3v) is 5.31. The molecule has 6 heteroatoms. The second-order valence-electron chi connectivity index (χ2n) is 7.90. The van der Waals surface area contributed by atoms with E-state index in [1.165, 1.54) is 0 Å². The number of carbonyl (C=O) groups is 2. The summed E-state index contributed by atoms with van der Waals surface area (Å²) in [6.07, 6.45) is 1.60. The first-order chi connectivity index (χ1) is 14.9. The highest BCUT2D eigenvalue weighted by Gasteiger charge is 2.24. The first-order valence-electron chi connectivity index (χ1n) is 10.3. The van der Waals surface area contributed by atoms with Crippen LogP contribution in [0.4, 0.5) is 0 Å². The summed E-state index contributed by atoms with van der Waals surface area (Å²) in [5.74, 6) is 0.678. The van der Waals surface area contributed by atoms with Crippen LogP contribution in [0.5, 0.6) is 0 Å². The van der Waals surface area contributed by atoms with Gasteiger partial charge >= 0.3 is 0 Å². The zero-order valence-corrected chi connectivity index (χ0v) is 19.4. The van der Waals surface area contributed by atoms with Crippen molar-refractivity contribution in [2.45, 2.75) is 26.9 Å². The molecule has 0 fully saturated rings. The van der Waals surface area contributed by atoms with Gasteiger partial charge in [-0.1, -0.05) is 60.1 Å². The van der Waals surface area contributed by atoms with Gasteiger partial charge in [-0.3, -0.25) is 9.59 Å². The molecule has 3 rings (SSSR count). The summed E-state index contributed by atoms with van der Waals surface area (Å²) < 4.78 is 6.38. The van der Waals surface area contributed by atoms with Crippen molar-refractivity contribution in [3.05, 3.63) is 94.4 Å². The van der Waals surface area contributed by atoms with E-state index in [1.54, 1.807) is 28.2 Å². The first-order valence-corrected chi connectivity index (χ1v) is 11.1. The van der Waals surface area contributed by atoms with Gasteiger partial charge in [-0.05, 0) is 47.9 Å². The Morgan fingerprint density at radius 2 is 1.61 bits per heavy atom. The molecule has 0 saturated heterocycles. The summed E-state index contributed by atoms with van der Waals surface area (Å²) in [7, 11) is 0. The van der Waals surface area contributed by atoms with E-state index >= 15 is 0 Å². The maximum Gasteiger partial charge on any atom is 0.254 e. The molecule has 162 valence electrons. The normalized spacial score (nSPS) is 10.8. The molecule has 0 bridgehead atoms. The van der Waals surface area contributed by atoms with Crippen LogP contribution in [-0.4, -0.2) is 34.7 Å². The van der Waals surface area contributed by atoms with Gasteiger partial charge in [-0.2, -0.15) is 0 Å². The summed E-state index contributed by atoms with van der Waals surface area (Å²) in [6.45, 7) is 5.39. The SMILES string of the molecule is CC(C)CN(CC(=O)N(Cc1ccccc1)Cc1ccco1)C(=O)c1ccc(Br)cc1. The van der Waals surface area contributed by atoms with Crippen molar-refractivity contribution in [3.8, 4) is 0 Å². The number of furan rings is 1. The molecule has 0 aliphatic rings. The Labute approximate surface area is 191 Å². The molecule has 0 unspecified atom stereocenters. The van der Waals surface area contributed by atoms with Crippen LogP contribution >= 0.6 is 15.9 Å². The van der Waals surface area contributed by atoms with Gasteiger partial charge in [0, 0.05) is 23.1 Å². The third kappa shape index (κ3) is 6.82. The van der Waals surface area contributed by atoms with Crippen molar-refractivity contribution in [1.29, 1.82) is 0 Å². The molecule has 5 nitrogen and oxygen atoms in total. The minimum Gasteiger partial charge on any atom is -0.467 e. The van der Waals surface area contributed by atoms with E-state index in [-0.39, 0.29) is 24.3 Å². The minimum absolute atomic E-state index is 0.0145. The quantitative estimate of drug-likeness (QED) is 0.411. The molecule has 2 aromatic carbocycles. The van der Waals surface area contributed by atoms with Crippen molar-refractivity contribution in [2.24, 2.45) is 5.92 Å².